The normalized spacial score (nSPS) is 21.6. The monoisotopic (exact) mass is 288 g/mol. The van der Waals surface area contributed by atoms with Gasteiger partial charge in [0, 0.05) is 12.1 Å². The standard InChI is InChI=1S/C19H32N2/c1-16(18-8-6-5-7-9-18)10-12-21-13-11-17(15-21)14-20-19(2,3)4/h5-9,16-17,20H,10-15H2,1-4H3. The highest BCUT2D eigenvalue weighted by atomic mass is 15.1. The number of likely N-dealkylation sites (tertiary alicyclic amines) is 1. The summed E-state index contributed by atoms with van der Waals surface area (Å²) in [4.78, 5) is 2.65. The van der Waals surface area contributed by atoms with Crippen molar-refractivity contribution in [3.8, 4) is 0 Å². The topological polar surface area (TPSA) is 15.3 Å². The molecule has 1 N–H and O–H groups in total. The van der Waals surface area contributed by atoms with E-state index in [4.69, 9.17) is 0 Å². The number of rotatable bonds is 6. The van der Waals surface area contributed by atoms with Gasteiger partial charge < -0.3 is 10.2 Å². The molecule has 1 fully saturated rings. The van der Waals surface area contributed by atoms with Gasteiger partial charge in [-0.25, -0.2) is 0 Å². The Hall–Kier alpha value is -0.860. The van der Waals surface area contributed by atoms with E-state index < -0.39 is 0 Å². The van der Waals surface area contributed by atoms with Gasteiger partial charge >= 0.3 is 0 Å². The maximum atomic E-state index is 3.65. The van der Waals surface area contributed by atoms with Gasteiger partial charge in [-0.05, 0) is 70.6 Å². The van der Waals surface area contributed by atoms with Gasteiger partial charge in [-0.15, -0.1) is 0 Å². The lowest BCUT2D eigenvalue weighted by Crippen LogP contribution is -2.39. The quantitative estimate of drug-likeness (QED) is 0.854. The van der Waals surface area contributed by atoms with E-state index in [0.29, 0.717) is 5.92 Å². The molecule has 2 atom stereocenters. The molecule has 0 spiro atoms. The fourth-order valence-corrected chi connectivity index (χ4v) is 3.06. The molecule has 118 valence electrons. The Labute approximate surface area is 130 Å². The van der Waals surface area contributed by atoms with E-state index in [-0.39, 0.29) is 5.54 Å². The predicted octanol–water partition coefficient (Wildman–Crippen LogP) is 3.89. The van der Waals surface area contributed by atoms with Crippen molar-refractivity contribution in [1.82, 2.24) is 10.2 Å². The van der Waals surface area contributed by atoms with E-state index in [2.05, 4.69) is 68.2 Å². The van der Waals surface area contributed by atoms with Crippen molar-refractivity contribution in [2.75, 3.05) is 26.2 Å². The Balaban J connectivity index is 1.68. The summed E-state index contributed by atoms with van der Waals surface area (Å²) in [6.45, 7) is 14.0. The van der Waals surface area contributed by atoms with Gasteiger partial charge in [0.05, 0.1) is 0 Å². The molecule has 2 unspecified atom stereocenters. The first kappa shape index (κ1) is 16.5. The Morgan fingerprint density at radius 2 is 1.95 bits per heavy atom. The van der Waals surface area contributed by atoms with Gasteiger partial charge in [0.2, 0.25) is 0 Å². The molecule has 1 heterocycles. The van der Waals surface area contributed by atoms with Gasteiger partial charge in [0.1, 0.15) is 0 Å². The fourth-order valence-electron chi connectivity index (χ4n) is 3.06. The van der Waals surface area contributed by atoms with Crippen molar-refractivity contribution in [2.45, 2.75) is 52.0 Å². The number of nitrogens with one attached hydrogen (secondary N) is 1. The molecular weight excluding hydrogens is 256 g/mol. The van der Waals surface area contributed by atoms with E-state index in [1.54, 1.807) is 0 Å². The first-order valence-corrected chi connectivity index (χ1v) is 8.46. The second-order valence-corrected chi connectivity index (χ2v) is 7.69. The van der Waals surface area contributed by atoms with Crippen LogP contribution in [0.5, 0.6) is 0 Å². The van der Waals surface area contributed by atoms with Gasteiger partial charge in [-0.3, -0.25) is 0 Å². The number of nitrogens with zero attached hydrogens (tertiary/aromatic N) is 1. The fraction of sp³-hybridized carbons (Fsp3) is 0.684. The first-order chi connectivity index (χ1) is 9.94. The van der Waals surface area contributed by atoms with Crippen LogP contribution in [0.3, 0.4) is 0 Å². The van der Waals surface area contributed by atoms with E-state index in [1.807, 2.05) is 0 Å². The molecule has 1 aromatic rings. The van der Waals surface area contributed by atoms with Crippen LogP contribution >= 0.6 is 0 Å². The van der Waals surface area contributed by atoms with Gasteiger partial charge in [-0.2, -0.15) is 0 Å². The summed E-state index contributed by atoms with van der Waals surface area (Å²) < 4.78 is 0. The third-order valence-electron chi connectivity index (χ3n) is 4.54. The Kier molecular flexibility index (Phi) is 5.83. The minimum Gasteiger partial charge on any atom is -0.312 e. The lowest BCUT2D eigenvalue weighted by Gasteiger charge is -2.23. The lowest BCUT2D eigenvalue weighted by molar-refractivity contribution is 0.301. The molecule has 0 aliphatic carbocycles. The van der Waals surface area contributed by atoms with Crippen molar-refractivity contribution in [3.63, 3.8) is 0 Å². The van der Waals surface area contributed by atoms with E-state index >= 15 is 0 Å². The van der Waals surface area contributed by atoms with Crippen LogP contribution in [0.25, 0.3) is 0 Å². The molecular formula is C19H32N2. The van der Waals surface area contributed by atoms with Crippen molar-refractivity contribution in [2.24, 2.45) is 5.92 Å². The second kappa shape index (κ2) is 7.42. The summed E-state index contributed by atoms with van der Waals surface area (Å²) in [5, 5.41) is 3.65. The summed E-state index contributed by atoms with van der Waals surface area (Å²) >= 11 is 0. The van der Waals surface area contributed by atoms with Gasteiger partial charge in [0.15, 0.2) is 0 Å². The zero-order chi connectivity index (χ0) is 15.3. The SMILES string of the molecule is CC(CCN1CCC(CNC(C)(C)C)C1)c1ccccc1. The predicted molar refractivity (Wildman–Crippen MR) is 91.8 cm³/mol. The molecule has 0 bridgehead atoms. The molecule has 1 saturated heterocycles. The lowest BCUT2D eigenvalue weighted by atomic mass is 9.98. The first-order valence-electron chi connectivity index (χ1n) is 8.46. The summed E-state index contributed by atoms with van der Waals surface area (Å²) in [7, 11) is 0. The van der Waals surface area contributed by atoms with Crippen LogP contribution < -0.4 is 5.32 Å². The van der Waals surface area contributed by atoms with E-state index in [1.165, 1.54) is 38.0 Å². The minimum absolute atomic E-state index is 0.245. The summed E-state index contributed by atoms with van der Waals surface area (Å²) in [5.41, 5.74) is 1.72. The highest BCUT2D eigenvalue weighted by Gasteiger charge is 2.23. The Morgan fingerprint density at radius 3 is 2.62 bits per heavy atom. The average molecular weight is 288 g/mol. The number of benzene rings is 1. The van der Waals surface area contributed by atoms with Crippen molar-refractivity contribution in [3.05, 3.63) is 35.9 Å². The van der Waals surface area contributed by atoms with Crippen LogP contribution in [-0.2, 0) is 0 Å². The molecule has 2 heteroatoms. The van der Waals surface area contributed by atoms with Crippen LogP contribution in [0.1, 0.15) is 52.0 Å². The molecule has 0 aromatic heterocycles. The highest BCUT2D eigenvalue weighted by Crippen LogP contribution is 2.22. The third kappa shape index (κ3) is 5.80. The van der Waals surface area contributed by atoms with E-state index in [0.717, 1.165) is 12.5 Å². The molecule has 0 saturated carbocycles. The van der Waals surface area contributed by atoms with Crippen LogP contribution in [0.2, 0.25) is 0 Å². The maximum absolute atomic E-state index is 3.65. The minimum atomic E-state index is 0.245. The van der Waals surface area contributed by atoms with Crippen molar-refractivity contribution in [1.29, 1.82) is 0 Å². The summed E-state index contributed by atoms with van der Waals surface area (Å²) in [5.74, 6) is 1.49. The molecule has 2 rings (SSSR count). The molecule has 1 aromatic carbocycles. The largest absolute Gasteiger partial charge is 0.312 e. The molecule has 0 amide bonds. The summed E-state index contributed by atoms with van der Waals surface area (Å²) in [6.07, 6.45) is 2.62. The zero-order valence-electron chi connectivity index (χ0n) is 14.2. The molecule has 0 radical (unpaired) electrons. The zero-order valence-corrected chi connectivity index (χ0v) is 14.2. The Bertz CT molecular complexity index is 407. The molecule has 2 nitrogen and oxygen atoms in total. The van der Waals surface area contributed by atoms with Crippen molar-refractivity contribution < 1.29 is 0 Å². The maximum Gasteiger partial charge on any atom is 0.00966 e. The van der Waals surface area contributed by atoms with Gasteiger partial charge in [-0.1, -0.05) is 37.3 Å². The average Bonchev–Trinajstić information content (AvgIpc) is 2.91. The van der Waals surface area contributed by atoms with Crippen molar-refractivity contribution >= 4 is 0 Å². The van der Waals surface area contributed by atoms with Crippen LogP contribution in [-0.4, -0.2) is 36.6 Å². The smallest absolute Gasteiger partial charge is 0.00966 e. The van der Waals surface area contributed by atoms with Crippen LogP contribution in [0.4, 0.5) is 0 Å². The second-order valence-electron chi connectivity index (χ2n) is 7.69. The summed E-state index contributed by atoms with van der Waals surface area (Å²) in [6, 6.07) is 10.9. The molecule has 1 aliphatic rings. The third-order valence-corrected chi connectivity index (χ3v) is 4.54. The highest BCUT2D eigenvalue weighted by molar-refractivity contribution is 5.18. The van der Waals surface area contributed by atoms with E-state index in [9.17, 15) is 0 Å². The Morgan fingerprint density at radius 1 is 1.24 bits per heavy atom. The number of hydrogen-bond donors (Lipinski definition) is 1. The molecule has 1 aliphatic heterocycles. The van der Waals surface area contributed by atoms with Gasteiger partial charge in [0.25, 0.3) is 0 Å². The van der Waals surface area contributed by atoms with Crippen LogP contribution in [0.15, 0.2) is 30.3 Å². The number of hydrogen-bond acceptors (Lipinski definition) is 2. The molecule has 21 heavy (non-hydrogen) atoms. The van der Waals surface area contributed by atoms with Crippen LogP contribution in [0, 0.1) is 5.92 Å².